The zero-order valence-electron chi connectivity index (χ0n) is 84.5. The zero-order chi connectivity index (χ0) is 112. The van der Waals surface area contributed by atoms with E-state index in [1.807, 2.05) is 0 Å². The summed E-state index contributed by atoms with van der Waals surface area (Å²) in [6.07, 6.45) is 0.750. The van der Waals surface area contributed by atoms with E-state index in [2.05, 4.69) is 111 Å². The molecule has 0 spiro atoms. The number of aliphatic carboxylic acids is 1. The molecule has 17 atom stereocenters. The van der Waals surface area contributed by atoms with Gasteiger partial charge in [-0.1, -0.05) is 45.9 Å². The maximum Gasteiger partial charge on any atom is 0.326 e. The number of nitrogens with two attached hydrogens (primary N) is 8. The molecule has 2 aliphatic rings. The molecule has 0 aliphatic carbocycles. The van der Waals surface area contributed by atoms with Crippen LogP contribution < -0.4 is 142 Å². The maximum atomic E-state index is 15.0. The van der Waals surface area contributed by atoms with Crippen LogP contribution in [0.5, 0.6) is 0 Å². The quantitative estimate of drug-likeness (QED) is 0.0142. The van der Waals surface area contributed by atoms with Crippen molar-refractivity contribution < 1.29 is 121 Å². The van der Waals surface area contributed by atoms with Crippen molar-refractivity contribution in [3.8, 4) is 0 Å². The van der Waals surface area contributed by atoms with Crippen LogP contribution in [0.4, 0.5) is 0 Å². The number of aromatic nitrogens is 3. The van der Waals surface area contributed by atoms with Crippen LogP contribution in [-0.4, -0.2) is 356 Å². The molecule has 0 radical (unpaired) electrons. The molecule has 0 unspecified atom stereocenters. The molecule has 4 heterocycles. The largest absolute Gasteiger partial charge is 0.480 e. The first kappa shape index (κ1) is 125. The molecule has 2 aliphatic heterocycles. The van der Waals surface area contributed by atoms with E-state index in [0.29, 0.717) is 29.3 Å². The fraction of sp³-hybridized carbons (Fsp3) is 0.615. The van der Waals surface area contributed by atoms with Gasteiger partial charge in [0.05, 0.1) is 39.1 Å². The lowest BCUT2D eigenvalue weighted by molar-refractivity contribution is -0.145. The smallest absolute Gasteiger partial charge is 0.326 e. The molecule has 59 nitrogen and oxygen atoms in total. The maximum absolute atomic E-state index is 15.0. The highest BCUT2D eigenvalue weighted by atomic mass is 16.4. The van der Waals surface area contributed by atoms with Crippen molar-refractivity contribution in [2.24, 2.45) is 57.7 Å². The first-order valence-corrected chi connectivity index (χ1v) is 49.2. The summed E-state index contributed by atoms with van der Waals surface area (Å²) in [6, 6.07) is -20.1. The number of hydrogen-bond donors (Lipinski definition) is 35. The molecule has 150 heavy (non-hydrogen) atoms. The number of nitrogens with one attached hydrogen (secondary N) is 23. The second-order valence-corrected chi connectivity index (χ2v) is 37.2. The van der Waals surface area contributed by atoms with Crippen molar-refractivity contribution in [1.82, 2.24) is 120 Å². The standard InChI is InChI=1S/C91H148N34O25/c1-45(2)33-59(118-80(141)62(36-49-39-103-44-109-49)120-78(139)60(34-46(3)4)117-76(137)55(19-11-29-105-90(99)100)112-72(133)47(5)110-74(135)54(17-8-9-27-92)113-82(143)65(43-128)123-85(146)66-21-13-31-124(66)86(147)51(93)41-126)77(138)114-56(23-25-68(94)129)73(134)108-40-71(132)111-53(18-10-28-104-89(97)98)75(136)122-64(42-127)83(144)121-63(37-70(96)131)81(142)119-61(35-48-38-107-52-16-7-6-15-50(48)52)79(140)115-57(20-12-30-106-91(101)102)87(148)125-32-14-22-67(125)84(145)116-58(88(149)150)24-26-69(95)130/h6-7,15-16,38-39,44-47,51,53-67,107,126-128H,8-14,17-37,40-43,92-93H2,1-5H3,(H2,94,129)(H2,95,130)(H2,96,131)(H,103,109)(H,108,134)(H,110,135)(H,111,132)(H,112,133)(H,113,143)(H,114,138)(H,115,140)(H,116,145)(H,117,137)(H,118,141)(H,119,142)(H,120,139)(H,121,144)(H,122,136)(H,123,146)(H,149,150)(H4,97,98,104)(H4,99,100,105)(H4,101,102,106)/t47-,51-,53-,54-,55-,56-,57-,58-,59-,60-,61-,62-,63-,64-,65-,66-,67-/m0/s1. The van der Waals surface area contributed by atoms with Crippen molar-refractivity contribution in [2.75, 3.05) is 65.6 Å². The number of carbonyl (C=O) groups excluding carboxylic acids is 20. The van der Waals surface area contributed by atoms with E-state index in [9.17, 15) is 121 Å². The zero-order valence-corrected chi connectivity index (χ0v) is 84.5. The highest BCUT2D eigenvalue weighted by Crippen LogP contribution is 2.25. The fourth-order valence-corrected chi connectivity index (χ4v) is 16.3. The molecule has 20 amide bonds. The van der Waals surface area contributed by atoms with Gasteiger partial charge in [0.15, 0.2) is 17.9 Å². The van der Waals surface area contributed by atoms with Crippen LogP contribution in [0.1, 0.15) is 174 Å². The average molecular weight is 2120 g/mol. The Morgan fingerprint density at radius 3 is 1.29 bits per heavy atom. The van der Waals surface area contributed by atoms with Crippen LogP contribution in [0.25, 0.3) is 10.9 Å². The minimum absolute atomic E-state index is 0.00878. The Labute approximate surface area is 863 Å². The summed E-state index contributed by atoms with van der Waals surface area (Å²) in [6.45, 7) is 4.15. The van der Waals surface area contributed by atoms with Gasteiger partial charge in [-0.15, -0.1) is 0 Å². The molecule has 832 valence electrons. The van der Waals surface area contributed by atoms with Crippen molar-refractivity contribution in [1.29, 1.82) is 16.2 Å². The van der Waals surface area contributed by atoms with Gasteiger partial charge < -0.3 is 182 Å². The number of nitrogens with zero attached hydrogens (tertiary/aromatic N) is 3. The summed E-state index contributed by atoms with van der Waals surface area (Å²) in [4.78, 5) is 304. The number of benzene rings is 1. The molecule has 3 aromatic rings. The molecular weight excluding hydrogens is 1970 g/mol. The first-order valence-electron chi connectivity index (χ1n) is 49.2. The molecule has 59 heteroatoms. The molecule has 43 N–H and O–H groups in total. The Kier molecular flexibility index (Phi) is 53.2. The Morgan fingerprint density at radius 2 is 0.820 bits per heavy atom. The van der Waals surface area contributed by atoms with Gasteiger partial charge in [0, 0.05) is 87.4 Å². The molecular formula is C91H148N34O25. The van der Waals surface area contributed by atoms with Crippen molar-refractivity contribution in [3.63, 3.8) is 0 Å². The number of unbranched alkanes of at least 4 members (excludes halogenated alkanes) is 1. The van der Waals surface area contributed by atoms with Gasteiger partial charge in [-0.05, 0) is 146 Å². The number of aliphatic hydroxyl groups is 3. The van der Waals surface area contributed by atoms with E-state index in [1.54, 1.807) is 52.0 Å². The number of para-hydroxylation sites is 1. The summed E-state index contributed by atoms with van der Waals surface area (Å²) in [5.41, 5.74) is 45.7. The first-order chi connectivity index (χ1) is 71.0. The minimum atomic E-state index is -2.05. The number of hydrogen-bond acceptors (Lipinski definition) is 30. The number of H-pyrrole nitrogens is 2. The summed E-state index contributed by atoms with van der Waals surface area (Å²) in [7, 11) is 0. The Morgan fingerprint density at radius 1 is 0.420 bits per heavy atom. The fourth-order valence-electron chi connectivity index (χ4n) is 16.3. The third-order valence-electron chi connectivity index (χ3n) is 24.1. The monoisotopic (exact) mass is 2120 g/mol. The SMILES string of the molecule is CC(C)C[C@H](NC(=O)[C@H](CCCNC(=N)N)NC(=O)[C@H](C)NC(=O)[C@H](CCCCN)NC(=O)[C@H](CO)NC(=O)[C@@H]1CCCN1C(=O)[C@@H](N)CO)C(=O)N[C@@H](Cc1cnc[nH]1)C(=O)N[C@@H](CC(C)C)C(=O)N[C@@H](CCC(N)=O)C(=O)NCC(=O)N[C@@H](CCCNC(=N)N)C(=O)N[C@@H](CO)C(=O)N[C@@H](CC(N)=O)C(=O)N[C@@H](Cc1c[nH]c2ccccc12)C(=O)N[C@@H](CCCNC(=N)N)C(=O)N1CCC[C@H]1C(=O)N[C@@H](CCC(N)=O)C(=O)O. The number of carbonyl (C=O) groups is 21. The Balaban J connectivity index is 1.34. The summed E-state index contributed by atoms with van der Waals surface area (Å²) in [5, 5.41) is 109. The van der Waals surface area contributed by atoms with Crippen LogP contribution in [0.2, 0.25) is 0 Å². The normalized spacial score (nSPS) is 16.2. The van der Waals surface area contributed by atoms with Gasteiger partial charge in [-0.3, -0.25) is 112 Å². The van der Waals surface area contributed by atoms with Gasteiger partial charge in [0.2, 0.25) is 118 Å². The molecule has 1 aromatic carbocycles. The molecule has 0 bridgehead atoms. The van der Waals surface area contributed by atoms with E-state index in [4.69, 9.17) is 62.1 Å². The van der Waals surface area contributed by atoms with Crippen molar-refractivity contribution >= 4 is 153 Å². The molecule has 0 saturated carbocycles. The Bertz CT molecular complexity index is 5160. The van der Waals surface area contributed by atoms with Gasteiger partial charge in [-0.25, -0.2) is 9.78 Å². The van der Waals surface area contributed by atoms with Gasteiger partial charge in [-0.2, -0.15) is 0 Å². The summed E-state index contributed by atoms with van der Waals surface area (Å²) < 4.78 is 0. The predicted molar refractivity (Wildman–Crippen MR) is 536 cm³/mol. The lowest BCUT2D eigenvalue weighted by Gasteiger charge is -2.31. The van der Waals surface area contributed by atoms with Crippen LogP contribution in [0.15, 0.2) is 43.0 Å². The number of amides is 20. The lowest BCUT2D eigenvalue weighted by Crippen LogP contribution is -2.61. The third kappa shape index (κ3) is 43.1. The van der Waals surface area contributed by atoms with E-state index < -0.39 is 303 Å². The van der Waals surface area contributed by atoms with Crippen molar-refractivity contribution in [3.05, 3.63) is 54.2 Å². The topological polar surface area (TPSA) is 987 Å². The number of guanidine groups is 3. The molecule has 2 fully saturated rings. The van der Waals surface area contributed by atoms with E-state index in [-0.39, 0.29) is 154 Å². The second kappa shape index (κ2) is 63.9. The molecule has 2 saturated heterocycles. The number of likely N-dealkylation sites (tertiary alicyclic amines) is 2. The number of primary amides is 3. The molecule has 2 aromatic heterocycles. The lowest BCUT2D eigenvalue weighted by atomic mass is 10.00. The number of carboxylic acids is 1. The number of aromatic amines is 2. The van der Waals surface area contributed by atoms with Crippen LogP contribution in [0, 0.1) is 28.1 Å². The highest BCUT2D eigenvalue weighted by Gasteiger charge is 2.44. The van der Waals surface area contributed by atoms with Crippen LogP contribution in [-0.2, 0) is 114 Å². The Hall–Kier alpha value is -15.5. The third-order valence-corrected chi connectivity index (χ3v) is 24.1. The van der Waals surface area contributed by atoms with Gasteiger partial charge >= 0.3 is 5.97 Å². The van der Waals surface area contributed by atoms with Crippen LogP contribution in [0.3, 0.4) is 0 Å². The highest BCUT2D eigenvalue weighted by molar-refractivity contribution is 6.03. The number of carboxylic acid groups (broad SMARTS) is 1. The van der Waals surface area contributed by atoms with Gasteiger partial charge in [0.25, 0.3) is 0 Å². The van der Waals surface area contributed by atoms with E-state index in [0.717, 1.165) is 9.80 Å². The van der Waals surface area contributed by atoms with E-state index in [1.165, 1.54) is 25.6 Å². The van der Waals surface area contributed by atoms with E-state index >= 15 is 0 Å². The van der Waals surface area contributed by atoms with Crippen LogP contribution >= 0.6 is 0 Å². The number of aliphatic hydroxyl groups excluding tert-OH is 3. The molecule has 5 rings (SSSR count). The predicted octanol–water partition coefficient (Wildman–Crippen LogP) is -12.6. The van der Waals surface area contributed by atoms with Gasteiger partial charge in [0.1, 0.15) is 103 Å². The second-order valence-electron chi connectivity index (χ2n) is 37.2. The minimum Gasteiger partial charge on any atom is -0.480 e. The summed E-state index contributed by atoms with van der Waals surface area (Å²) >= 11 is 0. The number of imidazole rings is 1. The van der Waals surface area contributed by atoms with Crippen molar-refractivity contribution in [2.45, 2.75) is 279 Å². The summed E-state index contributed by atoms with van der Waals surface area (Å²) in [5.74, 6) is -24.1. The average Bonchev–Trinajstić information content (AvgIpc) is 1.63. The number of rotatable bonds is 68. The number of fused-ring (bicyclic) bond motifs is 1.